The predicted molar refractivity (Wildman–Crippen MR) is 230 cm³/mol. The Labute approximate surface area is 349 Å². The summed E-state index contributed by atoms with van der Waals surface area (Å²) in [5.74, 6) is 0. The van der Waals surface area contributed by atoms with E-state index in [2.05, 4.69) is 74.5 Å². The van der Waals surface area contributed by atoms with Crippen molar-refractivity contribution in [3.8, 4) is 0 Å². The molecule has 0 spiro atoms. The number of carbonyl (C=O) groups excluding carboxylic acids is 1. The van der Waals surface area contributed by atoms with Gasteiger partial charge in [-0.1, -0.05) is 126 Å². The van der Waals surface area contributed by atoms with Crippen molar-refractivity contribution in [2.45, 2.75) is 74.9 Å². The van der Waals surface area contributed by atoms with Crippen LogP contribution in [-0.2, 0) is 54.1 Å². The van der Waals surface area contributed by atoms with E-state index in [9.17, 15) is 10.3 Å². The number of nitrogens with zero attached hydrogens (tertiary/aromatic N) is 3. The fraction of sp³-hybridized carbons (Fsp3) is 0.457. The van der Waals surface area contributed by atoms with Gasteiger partial charge in [0.05, 0.1) is 50.7 Å². The van der Waals surface area contributed by atoms with Crippen LogP contribution >= 0.6 is 0 Å². The Morgan fingerprint density at radius 1 is 0.695 bits per heavy atom. The average Bonchev–Trinajstić information content (AvgIpc) is 3.27. The van der Waals surface area contributed by atoms with E-state index in [-0.39, 0.29) is 56.0 Å². The topological polar surface area (TPSA) is 157 Å². The molecule has 13 nitrogen and oxygen atoms in total. The smallest absolute Gasteiger partial charge is 0.315 e. The van der Waals surface area contributed by atoms with Gasteiger partial charge in [0.1, 0.15) is 19.7 Å². The number of benzene rings is 4. The lowest BCUT2D eigenvalue weighted by Crippen LogP contribution is -2.64. The summed E-state index contributed by atoms with van der Waals surface area (Å²) in [6, 6.07) is 40.1. The van der Waals surface area contributed by atoms with Gasteiger partial charge in [-0.15, -0.1) is 0 Å². The van der Waals surface area contributed by atoms with Crippen molar-refractivity contribution in [1.82, 2.24) is 16.0 Å². The minimum Gasteiger partial charge on any atom is -0.382 e. The van der Waals surface area contributed by atoms with Gasteiger partial charge in [0, 0.05) is 25.2 Å². The summed E-state index contributed by atoms with van der Waals surface area (Å²) in [4.78, 5) is 15.4. The first-order valence-electron chi connectivity index (χ1n) is 20.3. The van der Waals surface area contributed by atoms with Crippen LogP contribution in [0.3, 0.4) is 0 Å². The minimum absolute atomic E-state index is 0.0373. The van der Waals surface area contributed by atoms with Crippen molar-refractivity contribution in [2.24, 2.45) is 5.11 Å². The van der Waals surface area contributed by atoms with E-state index >= 15 is 0 Å². The highest BCUT2D eigenvalue weighted by Crippen LogP contribution is 2.21. The Morgan fingerprint density at radius 2 is 1.22 bits per heavy atom. The molecule has 1 heterocycles. The number of likely N-dealkylation sites (N-methyl/N-ethyl adjacent to an activating group) is 1. The molecule has 4 aromatic rings. The zero-order valence-corrected chi connectivity index (χ0v) is 34.7. The predicted octanol–water partition coefficient (Wildman–Crippen LogP) is 7.05. The zero-order chi connectivity index (χ0) is 41.8. The summed E-state index contributed by atoms with van der Waals surface area (Å²) >= 11 is 0. The van der Waals surface area contributed by atoms with Crippen LogP contribution in [-0.4, -0.2) is 104 Å². The largest absolute Gasteiger partial charge is 0.382 e. The molecule has 0 radical (unpaired) electrons. The normalized spacial score (nSPS) is 17.6. The third kappa shape index (κ3) is 17.9. The second-order valence-electron chi connectivity index (χ2n) is 14.2. The molecule has 0 bridgehead atoms. The average molecular weight is 811 g/mol. The van der Waals surface area contributed by atoms with E-state index in [4.69, 9.17) is 28.4 Å². The quantitative estimate of drug-likeness (QED) is 0.0200. The highest BCUT2D eigenvalue weighted by atomic mass is 16.7. The molecule has 6 atom stereocenters. The third-order valence-electron chi connectivity index (χ3n) is 10.1. The molecular weight excluding hydrogens is 749 g/mol. The van der Waals surface area contributed by atoms with Crippen molar-refractivity contribution in [1.29, 1.82) is 0 Å². The number of hydrogen-bond donors (Lipinski definition) is 3. The lowest BCUT2D eigenvalue weighted by atomic mass is 9.91. The molecule has 1 aliphatic rings. The number of aryl methyl sites for hydroxylation is 2. The van der Waals surface area contributed by atoms with Crippen molar-refractivity contribution in [3.63, 3.8) is 0 Å². The number of ether oxygens (including phenoxy) is 6. The maximum Gasteiger partial charge on any atom is 0.315 e. The highest BCUT2D eigenvalue weighted by Gasteiger charge is 2.37. The maximum atomic E-state index is 12.3. The summed E-state index contributed by atoms with van der Waals surface area (Å²) in [5.41, 5.74) is 14.0. The monoisotopic (exact) mass is 810 g/mol. The maximum absolute atomic E-state index is 12.3. The summed E-state index contributed by atoms with van der Waals surface area (Å²) in [5, 5.41) is 13.5. The highest BCUT2D eigenvalue weighted by molar-refractivity contribution is 5.76. The van der Waals surface area contributed by atoms with Crippen LogP contribution in [0, 0.1) is 0 Å². The number of methoxy groups -OCH3 is 2. The molecule has 3 N–H and O–H groups in total. The zero-order valence-electron chi connectivity index (χ0n) is 34.7. The van der Waals surface area contributed by atoms with E-state index in [1.165, 1.54) is 16.7 Å². The second kappa shape index (κ2) is 28.6. The molecule has 13 heteroatoms. The second-order valence-corrected chi connectivity index (χ2v) is 14.2. The lowest BCUT2D eigenvalue weighted by Gasteiger charge is -2.39. The number of rotatable bonds is 26. The molecular formula is C46H62N6O7. The molecule has 0 saturated carbocycles. The van der Waals surface area contributed by atoms with E-state index < -0.39 is 0 Å². The fourth-order valence-corrected chi connectivity index (χ4v) is 7.01. The van der Waals surface area contributed by atoms with Gasteiger partial charge in [0.2, 0.25) is 0 Å². The summed E-state index contributed by atoms with van der Waals surface area (Å²) in [6.07, 6.45) is 4.08. The standard InChI is InChI=1S/C23H32N4O3.C23H30N2O4/c1-25-22(17-20-11-7-4-8-12-20)23(30-18-29-16-15-28-2)21(26-27-24)14-13-19-9-5-3-6-10-19;1-27-14-15-28-17-29-22-20(13-12-18-8-4-2-5-9-18)24-23(26)25-21(22)16-19-10-6-3-7-11-19/h3-12,21-23,25H,13-18H2,1-2H3;2-11,20-22H,12-17H2,1H3,(H2,24,25,26)/t21?,22-,23-;20?,21-,22-/m11/s1. The fourth-order valence-electron chi connectivity index (χ4n) is 7.01. The van der Waals surface area contributed by atoms with Crippen LogP contribution in [0.15, 0.2) is 126 Å². The summed E-state index contributed by atoms with van der Waals surface area (Å²) in [6.45, 7) is 2.22. The number of amides is 2. The Balaban J connectivity index is 0.000000261. The molecule has 2 amide bonds. The Kier molecular flexibility index (Phi) is 22.7. The van der Waals surface area contributed by atoms with Crippen LogP contribution in [0.25, 0.3) is 10.4 Å². The number of hydrogen-bond acceptors (Lipinski definition) is 9. The summed E-state index contributed by atoms with van der Waals surface area (Å²) in [7, 11) is 5.17. The van der Waals surface area contributed by atoms with E-state index in [0.29, 0.717) is 39.3 Å². The molecule has 0 aromatic heterocycles. The van der Waals surface area contributed by atoms with Gasteiger partial charge in [-0.3, -0.25) is 0 Å². The van der Waals surface area contributed by atoms with Crippen LogP contribution < -0.4 is 16.0 Å². The SMILES string of the molecule is CN[C@H](Cc1ccccc1)[C@H](OCOCCOC)C(CCc1ccccc1)N=[N+]=[N-].COCCOCO[C@@H]1C(CCc2ccccc2)NC(=O)N[C@@H]1Cc1ccccc1. The van der Waals surface area contributed by atoms with E-state index in [1.54, 1.807) is 14.2 Å². The van der Waals surface area contributed by atoms with Crippen LogP contribution in [0.4, 0.5) is 4.79 Å². The molecule has 5 rings (SSSR count). The van der Waals surface area contributed by atoms with Gasteiger partial charge < -0.3 is 44.4 Å². The molecule has 318 valence electrons. The molecule has 2 unspecified atom stereocenters. The minimum atomic E-state index is -0.336. The first-order valence-corrected chi connectivity index (χ1v) is 20.3. The van der Waals surface area contributed by atoms with E-state index in [0.717, 1.165) is 31.2 Å². The molecule has 4 aromatic carbocycles. The third-order valence-corrected chi connectivity index (χ3v) is 10.1. The first-order chi connectivity index (χ1) is 29.0. The number of carbonyl (C=O) groups is 1. The van der Waals surface area contributed by atoms with Crippen molar-refractivity contribution in [3.05, 3.63) is 154 Å². The van der Waals surface area contributed by atoms with Gasteiger partial charge in [-0.25, -0.2) is 4.79 Å². The van der Waals surface area contributed by atoms with E-state index in [1.807, 2.05) is 79.8 Å². The molecule has 1 saturated heterocycles. The van der Waals surface area contributed by atoms with Crippen LogP contribution in [0.1, 0.15) is 35.1 Å². The first kappa shape index (κ1) is 46.9. The summed E-state index contributed by atoms with van der Waals surface area (Å²) < 4.78 is 33.3. The van der Waals surface area contributed by atoms with Crippen LogP contribution in [0.2, 0.25) is 0 Å². The Hall–Kier alpha value is -4.82. The molecule has 1 aliphatic heterocycles. The van der Waals surface area contributed by atoms with Crippen molar-refractivity contribution in [2.75, 3.05) is 61.3 Å². The lowest BCUT2D eigenvalue weighted by molar-refractivity contribution is -0.118. The number of azide groups is 1. The van der Waals surface area contributed by atoms with Crippen molar-refractivity contribution >= 4 is 6.03 Å². The molecule has 0 aliphatic carbocycles. The molecule has 1 fully saturated rings. The van der Waals surface area contributed by atoms with Gasteiger partial charge in [0.25, 0.3) is 0 Å². The van der Waals surface area contributed by atoms with Gasteiger partial charge in [0.15, 0.2) is 0 Å². The van der Waals surface area contributed by atoms with Gasteiger partial charge >= 0.3 is 6.03 Å². The molecule has 59 heavy (non-hydrogen) atoms. The van der Waals surface area contributed by atoms with Crippen molar-refractivity contribution < 1.29 is 33.2 Å². The Morgan fingerprint density at radius 3 is 1.78 bits per heavy atom. The van der Waals surface area contributed by atoms with Gasteiger partial charge in [-0.2, -0.15) is 0 Å². The number of urea groups is 1. The number of nitrogens with one attached hydrogen (secondary N) is 3. The van der Waals surface area contributed by atoms with Crippen LogP contribution in [0.5, 0.6) is 0 Å². The van der Waals surface area contributed by atoms with Gasteiger partial charge in [-0.05, 0) is 73.4 Å². The Bertz CT molecular complexity index is 1720.